The summed E-state index contributed by atoms with van der Waals surface area (Å²) >= 11 is 0. The molecule has 5 atom stereocenters. The lowest BCUT2D eigenvalue weighted by Crippen LogP contribution is -2.58. The number of amides is 3. The normalized spacial score (nSPS) is 15.8. The Morgan fingerprint density at radius 3 is 1.85 bits per heavy atom. The van der Waals surface area contributed by atoms with Gasteiger partial charge in [0.15, 0.2) is 6.04 Å². The molecular weight excluding hydrogens is 444 g/mol. The van der Waals surface area contributed by atoms with Crippen LogP contribution in [0.1, 0.15) is 53.2 Å². The first-order valence-electron chi connectivity index (χ1n) is 11.4. The van der Waals surface area contributed by atoms with Gasteiger partial charge in [-0.05, 0) is 31.6 Å². The Bertz CT molecular complexity index is 811. The van der Waals surface area contributed by atoms with Crippen LogP contribution in [0, 0.1) is 11.8 Å². The summed E-state index contributed by atoms with van der Waals surface area (Å²) in [5.74, 6) is -3.20. The molecule has 0 aliphatic heterocycles. The molecule has 0 aliphatic rings. The standard InChI is InChI=1S/C22H38N6O6/c1-11(2)6-16(26-19(30)15(23)8-14-9-24-10-25-14)20(31)27-17(7-12(3)4)21(32)28-18(13(5)29)22(33)34/h9-13,15-18,29H,6-8,23H2,1-5H3,(H,24,25)(H,26,30)(H,27,31)(H,28,32)(H,33,34). The molecule has 8 N–H and O–H groups in total. The molecule has 0 aromatic carbocycles. The molecule has 0 fully saturated rings. The molecule has 12 heteroatoms. The smallest absolute Gasteiger partial charge is 0.328 e. The molecule has 192 valence electrons. The molecule has 1 aromatic rings. The molecule has 0 bridgehead atoms. The summed E-state index contributed by atoms with van der Waals surface area (Å²) in [6.07, 6.45) is 2.43. The number of carboxylic acids is 1. The zero-order valence-corrected chi connectivity index (χ0v) is 20.4. The Kier molecular flexibility index (Phi) is 11.7. The van der Waals surface area contributed by atoms with Crippen molar-refractivity contribution in [3.8, 4) is 0 Å². The van der Waals surface area contributed by atoms with Crippen LogP contribution in [0.25, 0.3) is 0 Å². The quantitative estimate of drug-likeness (QED) is 0.180. The first-order valence-corrected chi connectivity index (χ1v) is 11.4. The second-order valence-corrected chi connectivity index (χ2v) is 9.33. The van der Waals surface area contributed by atoms with E-state index >= 15 is 0 Å². The number of imidazole rings is 1. The van der Waals surface area contributed by atoms with E-state index in [1.807, 2.05) is 27.7 Å². The first-order chi connectivity index (χ1) is 15.8. The van der Waals surface area contributed by atoms with Crippen molar-refractivity contribution in [3.05, 3.63) is 18.2 Å². The van der Waals surface area contributed by atoms with Gasteiger partial charge in [0.1, 0.15) is 12.1 Å². The predicted octanol–water partition coefficient (Wildman–Crippen LogP) is -0.708. The molecule has 12 nitrogen and oxygen atoms in total. The Morgan fingerprint density at radius 1 is 0.941 bits per heavy atom. The summed E-state index contributed by atoms with van der Waals surface area (Å²) in [7, 11) is 0. The molecule has 3 amide bonds. The van der Waals surface area contributed by atoms with Crippen molar-refractivity contribution in [2.75, 3.05) is 0 Å². The number of nitrogens with zero attached hydrogens (tertiary/aromatic N) is 1. The number of rotatable bonds is 14. The van der Waals surface area contributed by atoms with Crippen molar-refractivity contribution in [2.24, 2.45) is 17.6 Å². The second-order valence-electron chi connectivity index (χ2n) is 9.33. The molecular formula is C22H38N6O6. The minimum Gasteiger partial charge on any atom is -0.480 e. The molecule has 0 spiro atoms. The largest absolute Gasteiger partial charge is 0.480 e. The number of aliphatic hydroxyl groups is 1. The Labute approximate surface area is 199 Å². The highest BCUT2D eigenvalue weighted by Gasteiger charge is 2.32. The molecule has 0 radical (unpaired) electrons. The fourth-order valence-corrected chi connectivity index (χ4v) is 3.33. The van der Waals surface area contributed by atoms with Crippen molar-refractivity contribution in [2.45, 2.75) is 84.2 Å². The number of H-pyrrole nitrogens is 1. The number of hydrogen-bond donors (Lipinski definition) is 7. The number of aromatic amines is 1. The summed E-state index contributed by atoms with van der Waals surface area (Å²) in [5.41, 5.74) is 6.65. The summed E-state index contributed by atoms with van der Waals surface area (Å²) in [5, 5.41) is 26.5. The van der Waals surface area contributed by atoms with Gasteiger partial charge in [-0.25, -0.2) is 9.78 Å². The van der Waals surface area contributed by atoms with Crippen molar-refractivity contribution in [3.63, 3.8) is 0 Å². The highest BCUT2D eigenvalue weighted by molar-refractivity contribution is 5.94. The average molecular weight is 483 g/mol. The average Bonchev–Trinajstić information content (AvgIpc) is 3.22. The lowest BCUT2D eigenvalue weighted by atomic mass is 9.99. The van der Waals surface area contributed by atoms with Gasteiger partial charge < -0.3 is 36.9 Å². The fourth-order valence-electron chi connectivity index (χ4n) is 3.33. The van der Waals surface area contributed by atoms with Gasteiger partial charge >= 0.3 is 5.97 Å². The van der Waals surface area contributed by atoms with Crippen molar-refractivity contribution < 1.29 is 29.4 Å². The third kappa shape index (κ3) is 9.87. The number of carbonyl (C=O) groups excluding carboxylic acids is 3. The van der Waals surface area contributed by atoms with E-state index in [1.165, 1.54) is 13.3 Å². The SMILES string of the molecule is CC(C)CC(NC(=O)C(N)Cc1cnc[nH]1)C(=O)NC(CC(C)C)C(=O)NC(C(=O)O)C(C)O. The molecule has 0 saturated carbocycles. The molecule has 1 aromatic heterocycles. The molecule has 1 heterocycles. The third-order valence-corrected chi connectivity index (χ3v) is 5.06. The first kappa shape index (κ1) is 29.0. The van der Waals surface area contributed by atoms with Crippen molar-refractivity contribution >= 4 is 23.7 Å². The topological polar surface area (TPSA) is 200 Å². The molecule has 34 heavy (non-hydrogen) atoms. The summed E-state index contributed by atoms with van der Waals surface area (Å²) in [4.78, 5) is 56.6. The summed E-state index contributed by atoms with van der Waals surface area (Å²) in [6.45, 7) is 8.70. The summed E-state index contributed by atoms with van der Waals surface area (Å²) < 4.78 is 0. The van der Waals surface area contributed by atoms with E-state index in [4.69, 9.17) is 5.73 Å². The molecule has 1 rings (SSSR count). The third-order valence-electron chi connectivity index (χ3n) is 5.06. The molecule has 0 saturated heterocycles. The van der Waals surface area contributed by atoms with Crippen LogP contribution < -0.4 is 21.7 Å². The van der Waals surface area contributed by atoms with Gasteiger partial charge in [0, 0.05) is 18.3 Å². The number of nitrogens with one attached hydrogen (secondary N) is 4. The Balaban J connectivity index is 2.94. The van der Waals surface area contributed by atoms with Crippen LogP contribution >= 0.6 is 0 Å². The van der Waals surface area contributed by atoms with E-state index in [0.29, 0.717) is 12.1 Å². The molecule has 0 aliphatic carbocycles. The van der Waals surface area contributed by atoms with E-state index in [0.717, 1.165) is 0 Å². The summed E-state index contributed by atoms with van der Waals surface area (Å²) in [6, 6.07) is -4.45. The highest BCUT2D eigenvalue weighted by Crippen LogP contribution is 2.10. The zero-order chi connectivity index (χ0) is 26.0. The molecule has 5 unspecified atom stereocenters. The van der Waals surface area contributed by atoms with Crippen LogP contribution in [-0.2, 0) is 25.6 Å². The number of aliphatic carboxylic acids is 1. The van der Waals surface area contributed by atoms with Gasteiger partial charge in [0.05, 0.1) is 18.5 Å². The lowest BCUT2D eigenvalue weighted by Gasteiger charge is -2.27. The van der Waals surface area contributed by atoms with Gasteiger partial charge in [-0.2, -0.15) is 0 Å². The maximum absolute atomic E-state index is 13.1. The van der Waals surface area contributed by atoms with E-state index in [9.17, 15) is 29.4 Å². The number of aliphatic hydroxyl groups excluding tert-OH is 1. The monoisotopic (exact) mass is 482 g/mol. The van der Waals surface area contributed by atoms with Gasteiger partial charge in [-0.3, -0.25) is 14.4 Å². The minimum absolute atomic E-state index is 0.00755. The lowest BCUT2D eigenvalue weighted by molar-refractivity contribution is -0.145. The number of nitrogens with two attached hydrogens (primary N) is 1. The van der Waals surface area contributed by atoms with Gasteiger partial charge in [-0.15, -0.1) is 0 Å². The maximum atomic E-state index is 13.1. The van der Waals surface area contributed by atoms with Crippen LogP contribution in [0.15, 0.2) is 12.5 Å². The predicted molar refractivity (Wildman–Crippen MR) is 124 cm³/mol. The number of aromatic nitrogens is 2. The zero-order valence-electron chi connectivity index (χ0n) is 20.4. The van der Waals surface area contributed by atoms with E-state index in [2.05, 4.69) is 25.9 Å². The van der Waals surface area contributed by atoms with Crippen molar-refractivity contribution in [1.82, 2.24) is 25.9 Å². The fraction of sp³-hybridized carbons (Fsp3) is 0.682. The van der Waals surface area contributed by atoms with Gasteiger partial charge in [0.25, 0.3) is 0 Å². The Morgan fingerprint density at radius 2 is 1.44 bits per heavy atom. The number of carboxylic acid groups (broad SMARTS) is 1. The van der Waals surface area contributed by atoms with E-state index in [-0.39, 0.29) is 24.7 Å². The van der Waals surface area contributed by atoms with Gasteiger partial charge in [0.2, 0.25) is 17.7 Å². The second kappa shape index (κ2) is 13.7. The Hall–Kier alpha value is -2.99. The van der Waals surface area contributed by atoms with Crippen molar-refractivity contribution in [1.29, 1.82) is 0 Å². The van der Waals surface area contributed by atoms with Crippen LogP contribution in [0.4, 0.5) is 0 Å². The minimum atomic E-state index is -1.52. The number of hydrogen-bond acceptors (Lipinski definition) is 7. The van der Waals surface area contributed by atoms with Crippen LogP contribution in [0.3, 0.4) is 0 Å². The maximum Gasteiger partial charge on any atom is 0.328 e. The van der Waals surface area contributed by atoms with Gasteiger partial charge in [-0.1, -0.05) is 27.7 Å². The van der Waals surface area contributed by atoms with Crippen LogP contribution in [0.2, 0.25) is 0 Å². The van der Waals surface area contributed by atoms with E-state index in [1.54, 1.807) is 6.20 Å². The van der Waals surface area contributed by atoms with Crippen LogP contribution in [0.5, 0.6) is 0 Å². The van der Waals surface area contributed by atoms with Crippen LogP contribution in [-0.4, -0.2) is 74.1 Å². The highest BCUT2D eigenvalue weighted by atomic mass is 16.4. The number of carbonyl (C=O) groups is 4. The van der Waals surface area contributed by atoms with E-state index < -0.39 is 54.0 Å².